The van der Waals surface area contributed by atoms with Gasteiger partial charge in [0.15, 0.2) is 0 Å². The highest BCUT2D eigenvalue weighted by Crippen LogP contribution is 2.43. The number of halogens is 1. The van der Waals surface area contributed by atoms with Gasteiger partial charge in [0.25, 0.3) is 0 Å². The van der Waals surface area contributed by atoms with Gasteiger partial charge in [-0.25, -0.2) is 0 Å². The van der Waals surface area contributed by atoms with Crippen LogP contribution in [0.4, 0.5) is 5.69 Å². The summed E-state index contributed by atoms with van der Waals surface area (Å²) in [6, 6.07) is 13.9. The Bertz CT molecular complexity index is 630. The molecular weight excluding hydrogens is 306 g/mol. The van der Waals surface area contributed by atoms with Gasteiger partial charge in [0.1, 0.15) is 0 Å². The largest absolute Gasteiger partial charge is 0.364 e. The van der Waals surface area contributed by atoms with Crippen molar-refractivity contribution in [3.8, 4) is 0 Å². The molecule has 6 heteroatoms. The molecule has 2 aromatic carbocycles. The molecule has 1 heterocycles. The average Bonchev–Trinajstić information content (AvgIpc) is 2.71. The van der Waals surface area contributed by atoms with Crippen molar-refractivity contribution >= 4 is 16.5 Å². The van der Waals surface area contributed by atoms with Crippen molar-refractivity contribution in [3.05, 3.63) is 42.0 Å². The normalized spacial score (nSPS) is 16.6. The van der Waals surface area contributed by atoms with Crippen molar-refractivity contribution in [2.24, 2.45) is 0 Å². The maximum Gasteiger partial charge on any atom is 0.0777 e. The molecule has 3 rings (SSSR count). The fraction of sp³-hybridized carbons (Fsp3) is 0.375. The summed E-state index contributed by atoms with van der Waals surface area (Å²) in [6.07, 6.45) is 2.53. The number of unbranched alkanes of at least 4 members (excludes halogenated alkanes) is 1. The molecule has 120 valence electrons. The molecule has 5 nitrogen and oxygen atoms in total. The molecule has 0 spiro atoms. The van der Waals surface area contributed by atoms with Crippen LogP contribution in [-0.2, 0) is 0 Å². The lowest BCUT2D eigenvalue weighted by atomic mass is 10.0. The molecule has 0 bridgehead atoms. The van der Waals surface area contributed by atoms with E-state index in [4.69, 9.17) is 18.6 Å². The number of benzene rings is 2. The van der Waals surface area contributed by atoms with E-state index in [-0.39, 0.29) is 0 Å². The van der Waals surface area contributed by atoms with E-state index in [1.54, 1.807) is 0 Å². The van der Waals surface area contributed by atoms with Gasteiger partial charge in [0.2, 0.25) is 0 Å². The van der Waals surface area contributed by atoms with E-state index in [2.05, 4.69) is 55.1 Å². The van der Waals surface area contributed by atoms with Crippen LogP contribution in [0.2, 0.25) is 0 Å². The summed E-state index contributed by atoms with van der Waals surface area (Å²) >= 11 is 0. The average molecular weight is 326 g/mol. The maximum absolute atomic E-state index is 8.60. The predicted octanol–water partition coefficient (Wildman–Crippen LogP) is 0.397. The molecule has 1 N–H and O–H groups in total. The molecule has 1 atom stereocenters. The summed E-state index contributed by atoms with van der Waals surface area (Å²) in [5.41, 5.74) is 2.92. The van der Waals surface area contributed by atoms with E-state index in [1.165, 1.54) is 41.4 Å². The first-order valence-electron chi connectivity index (χ1n) is 7.24. The SMILES string of the molecule is CCCCN1c2cccc3cccc(c23)C1C.[O-][Cl+3]([O-])([O-])O. The molecule has 0 fully saturated rings. The molecule has 1 aliphatic rings. The van der Waals surface area contributed by atoms with Gasteiger partial charge in [0, 0.05) is 17.6 Å². The first kappa shape index (κ1) is 17.0. The zero-order valence-electron chi connectivity index (χ0n) is 12.7. The molecule has 2 aromatic rings. The fourth-order valence-corrected chi connectivity index (χ4v) is 2.96. The van der Waals surface area contributed by atoms with Crippen molar-refractivity contribution in [1.29, 1.82) is 0 Å². The van der Waals surface area contributed by atoms with Crippen molar-refractivity contribution in [1.82, 2.24) is 0 Å². The highest BCUT2D eigenvalue weighted by molar-refractivity contribution is 6.00. The molecule has 0 radical (unpaired) electrons. The Kier molecular flexibility index (Phi) is 5.26. The number of hydrogen-bond donors (Lipinski definition) is 1. The van der Waals surface area contributed by atoms with Crippen LogP contribution in [0.25, 0.3) is 10.8 Å². The van der Waals surface area contributed by atoms with Crippen LogP contribution >= 0.6 is 0 Å². The third kappa shape index (κ3) is 3.88. The maximum atomic E-state index is 8.60. The van der Waals surface area contributed by atoms with E-state index in [0.29, 0.717) is 6.04 Å². The van der Waals surface area contributed by atoms with Gasteiger partial charge < -0.3 is 4.90 Å². The van der Waals surface area contributed by atoms with Gasteiger partial charge in [-0.1, -0.05) is 43.7 Å². The lowest BCUT2D eigenvalue weighted by Gasteiger charge is -2.25. The third-order valence-electron chi connectivity index (χ3n) is 3.89. The molecular formula is C16H20ClNO4. The van der Waals surface area contributed by atoms with Crippen molar-refractivity contribution in [2.75, 3.05) is 11.4 Å². The summed E-state index contributed by atoms with van der Waals surface area (Å²) in [5, 5.41) is 2.85. The highest BCUT2D eigenvalue weighted by Gasteiger charge is 2.26. The summed E-state index contributed by atoms with van der Waals surface area (Å²) < 4.78 is 32.7. The van der Waals surface area contributed by atoms with E-state index >= 15 is 0 Å². The minimum atomic E-state index is -4.69. The minimum absolute atomic E-state index is 0.530. The third-order valence-corrected chi connectivity index (χ3v) is 3.89. The lowest BCUT2D eigenvalue weighted by Crippen LogP contribution is -2.58. The van der Waals surface area contributed by atoms with Gasteiger partial charge in [-0.15, -0.1) is 0 Å². The lowest BCUT2D eigenvalue weighted by molar-refractivity contribution is -1.92. The number of anilines is 1. The number of nitrogens with zero attached hydrogens (tertiary/aromatic N) is 1. The van der Waals surface area contributed by atoms with Gasteiger partial charge in [0.05, 0.1) is 20.9 Å². The van der Waals surface area contributed by atoms with Crippen LogP contribution in [0.5, 0.6) is 0 Å². The Morgan fingerprint density at radius 1 is 1.14 bits per heavy atom. The number of hydrogen-bond acceptors (Lipinski definition) is 5. The summed E-state index contributed by atoms with van der Waals surface area (Å²) in [6.45, 7) is 5.75. The highest BCUT2D eigenvalue weighted by atomic mass is 35.7. The molecule has 0 saturated heterocycles. The van der Waals surface area contributed by atoms with Crippen LogP contribution in [0.15, 0.2) is 36.4 Å². The Labute approximate surface area is 132 Å². The molecule has 0 amide bonds. The standard InChI is InChI=1S/C16H19N.ClHO4/c1-3-4-11-17-12(2)14-9-5-7-13-8-6-10-15(17)16(13)14;2-1(3,4)5/h5-10,12H,3-4,11H2,1-2H3;(H,2,3,4,5). The van der Waals surface area contributed by atoms with E-state index < -0.39 is 10.2 Å². The topological polar surface area (TPSA) is 92.7 Å². The molecule has 0 saturated carbocycles. The van der Waals surface area contributed by atoms with Crippen LogP contribution < -0.4 is 18.9 Å². The van der Waals surface area contributed by atoms with Gasteiger partial charge in [-0.05, 0) is 30.4 Å². The Morgan fingerprint density at radius 3 is 2.32 bits per heavy atom. The second kappa shape index (κ2) is 6.81. The monoisotopic (exact) mass is 325 g/mol. The van der Waals surface area contributed by atoms with E-state index in [1.807, 2.05) is 0 Å². The molecule has 0 aliphatic carbocycles. The Hall–Kier alpha value is -1.37. The second-order valence-electron chi connectivity index (χ2n) is 5.34. The smallest absolute Gasteiger partial charge is 0.0777 e. The first-order valence-corrected chi connectivity index (χ1v) is 8.51. The van der Waals surface area contributed by atoms with Crippen LogP contribution in [0.3, 0.4) is 0 Å². The summed E-state index contributed by atoms with van der Waals surface area (Å²) in [7, 11) is -4.69. The predicted molar refractivity (Wildman–Crippen MR) is 76.8 cm³/mol. The Balaban J connectivity index is 0.000000309. The zero-order valence-corrected chi connectivity index (χ0v) is 13.4. The molecule has 0 aromatic heterocycles. The summed E-state index contributed by atoms with van der Waals surface area (Å²) in [4.78, 5) is 2.56. The van der Waals surface area contributed by atoms with Crippen LogP contribution in [-0.4, -0.2) is 11.2 Å². The summed E-state index contributed by atoms with van der Waals surface area (Å²) in [5.74, 6) is 0. The van der Waals surface area contributed by atoms with Gasteiger partial charge in [-0.2, -0.15) is 14.0 Å². The van der Waals surface area contributed by atoms with E-state index in [0.717, 1.165) is 0 Å². The zero-order chi connectivity index (χ0) is 16.3. The first-order chi connectivity index (χ1) is 10.3. The molecule has 1 aliphatic heterocycles. The molecule has 1 unspecified atom stereocenters. The van der Waals surface area contributed by atoms with Gasteiger partial charge in [-0.3, -0.25) is 0 Å². The van der Waals surface area contributed by atoms with Crippen LogP contribution in [0, 0.1) is 10.2 Å². The fourth-order valence-electron chi connectivity index (χ4n) is 2.96. The van der Waals surface area contributed by atoms with E-state index in [9.17, 15) is 0 Å². The minimum Gasteiger partial charge on any atom is -0.364 e. The van der Waals surface area contributed by atoms with Crippen molar-refractivity contribution < 1.29 is 28.9 Å². The van der Waals surface area contributed by atoms with Crippen LogP contribution in [0.1, 0.15) is 38.3 Å². The molecule has 22 heavy (non-hydrogen) atoms. The second-order valence-corrected chi connectivity index (χ2v) is 6.13. The quantitative estimate of drug-likeness (QED) is 0.881. The van der Waals surface area contributed by atoms with Crippen molar-refractivity contribution in [3.63, 3.8) is 0 Å². The number of rotatable bonds is 3. The Morgan fingerprint density at radius 2 is 1.73 bits per heavy atom. The van der Waals surface area contributed by atoms with Gasteiger partial charge >= 0.3 is 0 Å². The van der Waals surface area contributed by atoms with Crippen molar-refractivity contribution in [2.45, 2.75) is 32.7 Å².